The Balaban J connectivity index is 2.67. The molecule has 0 fully saturated rings. The van der Waals surface area contributed by atoms with Crippen molar-refractivity contribution in [3.63, 3.8) is 0 Å². The molecule has 5 heteroatoms. The molecule has 1 aromatic rings. The van der Waals surface area contributed by atoms with Gasteiger partial charge in [-0.2, -0.15) is 0 Å². The fourth-order valence-corrected chi connectivity index (χ4v) is 1.23. The van der Waals surface area contributed by atoms with Crippen LogP contribution in [0.5, 0.6) is 0 Å². The third-order valence-electron chi connectivity index (χ3n) is 1.44. The van der Waals surface area contributed by atoms with Crippen molar-refractivity contribution in [2.45, 2.75) is 0 Å². The summed E-state index contributed by atoms with van der Waals surface area (Å²) in [6.45, 7) is 0. The summed E-state index contributed by atoms with van der Waals surface area (Å²) in [4.78, 5) is 4.92. The van der Waals surface area contributed by atoms with Crippen LogP contribution in [0.1, 0.15) is 5.69 Å². The lowest BCUT2D eigenvalue weighted by Gasteiger charge is -2.07. The highest BCUT2D eigenvalue weighted by Crippen LogP contribution is 2.22. The molecule has 0 atom stereocenters. The maximum Gasteiger partial charge on any atom is 0.169 e. The first kappa shape index (κ1) is 7.57. The van der Waals surface area contributed by atoms with Crippen LogP contribution < -0.4 is 0 Å². The van der Waals surface area contributed by atoms with E-state index in [-0.39, 0.29) is 0 Å². The Morgan fingerprint density at radius 2 is 2.00 bits per heavy atom. The van der Waals surface area contributed by atoms with Crippen LogP contribution >= 0.6 is 24.4 Å². The van der Waals surface area contributed by atoms with E-state index in [0.717, 1.165) is 0 Å². The topological polar surface area (TPSA) is 37.6 Å². The Morgan fingerprint density at radius 1 is 1.17 bits per heavy atom. The molecular weight excluding hydrogens is 190 g/mol. The van der Waals surface area contributed by atoms with E-state index >= 15 is 0 Å². The van der Waals surface area contributed by atoms with Gasteiger partial charge < -0.3 is 0 Å². The summed E-state index contributed by atoms with van der Waals surface area (Å²) in [5.41, 5.74) is 1.35. The van der Waals surface area contributed by atoms with Gasteiger partial charge >= 0.3 is 0 Å². The summed E-state index contributed by atoms with van der Waals surface area (Å²) in [5.74, 6) is 0. The van der Waals surface area contributed by atoms with Crippen LogP contribution in [0.4, 0.5) is 5.69 Å². The highest BCUT2D eigenvalue weighted by molar-refractivity contribution is 7.89. The van der Waals surface area contributed by atoms with Gasteiger partial charge in [0.05, 0.1) is 0 Å². The van der Waals surface area contributed by atoms with E-state index in [1.165, 1.54) is 0 Å². The van der Waals surface area contributed by atoms with Gasteiger partial charge in [0.25, 0.3) is 0 Å². The second-order valence-corrected chi connectivity index (χ2v) is 3.00. The van der Waals surface area contributed by atoms with Crippen molar-refractivity contribution in [2.24, 2.45) is 10.2 Å². The maximum absolute atomic E-state index is 5.03. The van der Waals surface area contributed by atoms with Gasteiger partial charge in [0.1, 0.15) is 16.2 Å². The van der Waals surface area contributed by atoms with Crippen LogP contribution in [-0.2, 0) is 0 Å². The van der Waals surface area contributed by atoms with Crippen molar-refractivity contribution in [3.05, 3.63) is 24.0 Å². The van der Waals surface area contributed by atoms with E-state index in [2.05, 4.69) is 15.2 Å². The van der Waals surface area contributed by atoms with Gasteiger partial charge in [-0.3, -0.25) is 4.98 Å². The molecule has 0 spiro atoms. The molecule has 0 radical (unpaired) electrons. The van der Waals surface area contributed by atoms with E-state index in [1.807, 2.05) is 0 Å². The number of nitrogens with zero attached hydrogens (tertiary/aromatic N) is 3. The molecule has 1 aliphatic rings. The maximum atomic E-state index is 5.03. The minimum absolute atomic E-state index is 0.344. The van der Waals surface area contributed by atoms with Crippen LogP contribution in [0.3, 0.4) is 0 Å². The summed E-state index contributed by atoms with van der Waals surface area (Å²) in [5, 5.41) is 7.59. The first-order valence-corrected chi connectivity index (χ1v) is 4.06. The molecule has 0 amide bonds. The Labute approximate surface area is 79.5 Å². The molecule has 2 rings (SSSR count). The van der Waals surface area contributed by atoms with Gasteiger partial charge in [0.15, 0.2) is 4.99 Å². The second-order valence-electron chi connectivity index (χ2n) is 2.21. The Hall–Kier alpha value is -1.07. The summed E-state index contributed by atoms with van der Waals surface area (Å²) >= 11 is 9.89. The number of azo groups is 1. The predicted octanol–water partition coefficient (Wildman–Crippen LogP) is 2.22. The molecule has 0 aliphatic carbocycles. The van der Waals surface area contributed by atoms with E-state index in [9.17, 15) is 0 Å². The summed E-state index contributed by atoms with van der Waals surface area (Å²) in [6, 6.07) is 3.59. The highest BCUT2D eigenvalue weighted by atomic mass is 32.1. The fraction of sp³-hybridized carbons (Fsp3) is 0. The fourth-order valence-electron chi connectivity index (χ4n) is 0.898. The number of hydrogen-bond acceptors (Lipinski definition) is 4. The van der Waals surface area contributed by atoms with Gasteiger partial charge in [-0.05, 0) is 12.1 Å². The Bertz CT molecular complexity index is 397. The second kappa shape index (κ2) is 2.76. The minimum Gasteiger partial charge on any atom is -0.253 e. The number of thiocarbonyl (C=S) groups is 2. The molecule has 0 bridgehead atoms. The average Bonchev–Trinajstić information content (AvgIpc) is 2.12. The van der Waals surface area contributed by atoms with Crippen molar-refractivity contribution < 1.29 is 0 Å². The van der Waals surface area contributed by atoms with Crippen LogP contribution in [-0.4, -0.2) is 14.8 Å². The van der Waals surface area contributed by atoms with E-state index in [4.69, 9.17) is 24.4 Å². The third kappa shape index (κ3) is 1.07. The zero-order valence-corrected chi connectivity index (χ0v) is 7.52. The number of hydrogen-bond donors (Lipinski definition) is 0. The molecule has 12 heavy (non-hydrogen) atoms. The molecule has 0 saturated carbocycles. The Morgan fingerprint density at radius 3 is 2.83 bits per heavy atom. The lowest BCUT2D eigenvalue weighted by atomic mass is 10.2. The number of rotatable bonds is 0. The minimum atomic E-state index is 0.344. The van der Waals surface area contributed by atoms with Crippen LogP contribution in [0.2, 0.25) is 0 Å². The van der Waals surface area contributed by atoms with Gasteiger partial charge in [0, 0.05) is 6.20 Å². The quantitative estimate of drug-likeness (QED) is 0.593. The van der Waals surface area contributed by atoms with Crippen molar-refractivity contribution in [1.29, 1.82) is 0 Å². The first-order valence-electron chi connectivity index (χ1n) is 3.24. The van der Waals surface area contributed by atoms with Gasteiger partial charge in [-0.1, -0.05) is 24.4 Å². The molecule has 0 N–H and O–H groups in total. The van der Waals surface area contributed by atoms with Gasteiger partial charge in [0.2, 0.25) is 0 Å². The smallest absolute Gasteiger partial charge is 0.169 e. The molecule has 1 aromatic heterocycles. The van der Waals surface area contributed by atoms with Gasteiger partial charge in [-0.25, -0.2) is 0 Å². The van der Waals surface area contributed by atoms with Crippen molar-refractivity contribution in [2.75, 3.05) is 0 Å². The summed E-state index contributed by atoms with van der Waals surface area (Å²) in [6.07, 6.45) is 1.66. The molecule has 0 unspecified atom stereocenters. The molecular formula is C7H3N3S2. The SMILES string of the molecule is S=C1N=Nc2cccnc2C1=S. The summed E-state index contributed by atoms with van der Waals surface area (Å²) < 4.78 is 0. The molecule has 0 aromatic carbocycles. The van der Waals surface area contributed by atoms with E-state index in [0.29, 0.717) is 21.2 Å². The normalized spacial score (nSPS) is 14.7. The van der Waals surface area contributed by atoms with Gasteiger partial charge in [-0.15, -0.1) is 10.2 Å². The zero-order valence-electron chi connectivity index (χ0n) is 5.89. The molecule has 0 saturated heterocycles. The van der Waals surface area contributed by atoms with Crippen molar-refractivity contribution >= 4 is 40.0 Å². The molecule has 58 valence electrons. The lowest BCUT2D eigenvalue weighted by molar-refractivity contribution is 1.20. The lowest BCUT2D eigenvalue weighted by Crippen LogP contribution is -2.12. The van der Waals surface area contributed by atoms with Crippen LogP contribution in [0, 0.1) is 0 Å². The van der Waals surface area contributed by atoms with Crippen LogP contribution in [0.25, 0.3) is 0 Å². The first-order chi connectivity index (χ1) is 5.79. The number of aromatic nitrogens is 1. The van der Waals surface area contributed by atoms with Crippen molar-refractivity contribution in [3.8, 4) is 0 Å². The van der Waals surface area contributed by atoms with E-state index in [1.54, 1.807) is 18.3 Å². The number of fused-ring (bicyclic) bond motifs is 1. The molecule has 1 aliphatic heterocycles. The van der Waals surface area contributed by atoms with E-state index < -0.39 is 0 Å². The summed E-state index contributed by atoms with van der Waals surface area (Å²) in [7, 11) is 0. The van der Waals surface area contributed by atoms with Crippen molar-refractivity contribution in [1.82, 2.24) is 4.98 Å². The zero-order chi connectivity index (χ0) is 8.55. The molecule has 2 heterocycles. The predicted molar refractivity (Wildman–Crippen MR) is 53.1 cm³/mol. The standard InChI is InChI=1S/C7H3N3S2/c11-6-5-4(2-1-3-8-5)9-10-7(6)12/h1-3H. The molecule has 3 nitrogen and oxygen atoms in total. The highest BCUT2D eigenvalue weighted by Gasteiger charge is 2.17. The number of pyridine rings is 1. The van der Waals surface area contributed by atoms with Crippen LogP contribution in [0.15, 0.2) is 28.6 Å². The Kier molecular flexibility index (Phi) is 1.74. The largest absolute Gasteiger partial charge is 0.253 e. The third-order valence-corrected chi connectivity index (χ3v) is 2.25. The monoisotopic (exact) mass is 193 g/mol. The average molecular weight is 193 g/mol.